The lowest BCUT2D eigenvalue weighted by molar-refractivity contribution is 0.315. The summed E-state index contributed by atoms with van der Waals surface area (Å²) in [5, 5.41) is 8.54. The normalized spacial score (nSPS) is 9.71. The van der Waals surface area contributed by atoms with E-state index in [0.717, 1.165) is 0 Å². The molecule has 0 unspecified atom stereocenters. The number of hydrogen-bond donors (Lipinski definition) is 1. The molecule has 0 aliphatic heterocycles. The summed E-state index contributed by atoms with van der Waals surface area (Å²) < 4.78 is 23.7. The van der Waals surface area contributed by atoms with Gasteiger partial charge in [0.2, 0.25) is 5.82 Å². The van der Waals surface area contributed by atoms with E-state index in [1.807, 2.05) is 0 Å². The van der Waals surface area contributed by atoms with E-state index in [1.165, 1.54) is 6.07 Å². The zero-order valence-corrected chi connectivity index (χ0v) is 9.17. The zero-order chi connectivity index (χ0) is 10.6. The van der Waals surface area contributed by atoms with Gasteiger partial charge < -0.3 is 14.4 Å². The molecule has 0 aliphatic carbocycles. The van der Waals surface area contributed by atoms with E-state index in [9.17, 15) is 4.39 Å². The van der Waals surface area contributed by atoms with Crippen molar-refractivity contribution in [1.82, 2.24) is 0 Å². The third kappa shape index (κ3) is 2.39. The first kappa shape index (κ1) is 11.3. The molecule has 1 aromatic carbocycles. The smallest absolute Gasteiger partial charge is 0.504 e. The van der Waals surface area contributed by atoms with E-state index in [-0.39, 0.29) is 11.5 Å². The maximum Gasteiger partial charge on any atom is 0.504 e. The molecule has 0 spiro atoms. The minimum Gasteiger partial charge on any atom is -0.536 e. The molecule has 6 heteroatoms. The number of halogens is 2. The minimum absolute atomic E-state index is 0.0431. The average molecular weight is 263 g/mol. The summed E-state index contributed by atoms with van der Waals surface area (Å²) in [6, 6.07) is 3.09. The van der Waals surface area contributed by atoms with Crippen molar-refractivity contribution in [2.75, 3.05) is 6.61 Å². The molecule has 0 saturated heterocycles. The fraction of sp³-hybridized carbons (Fsp3) is 0.250. The van der Waals surface area contributed by atoms with Gasteiger partial charge in [-0.15, -0.1) is 0 Å². The van der Waals surface area contributed by atoms with Crippen LogP contribution in [-0.4, -0.2) is 19.3 Å². The molecule has 76 valence electrons. The van der Waals surface area contributed by atoms with Gasteiger partial charge in [-0.2, -0.15) is 4.39 Å². The minimum atomic E-state index is -0.615. The third-order valence-electron chi connectivity index (χ3n) is 1.52. The van der Waals surface area contributed by atoms with Crippen molar-refractivity contribution < 1.29 is 18.8 Å². The Morgan fingerprint density at radius 2 is 2.29 bits per heavy atom. The fourth-order valence-corrected chi connectivity index (χ4v) is 1.40. The number of benzene rings is 1. The van der Waals surface area contributed by atoms with E-state index in [2.05, 4.69) is 15.9 Å². The van der Waals surface area contributed by atoms with E-state index >= 15 is 0 Å². The SMILES string of the molecule is CCOc1ccc(Br)c(OBO)c1F. The summed E-state index contributed by atoms with van der Waals surface area (Å²) in [4.78, 5) is 0. The Labute approximate surface area is 90.3 Å². The summed E-state index contributed by atoms with van der Waals surface area (Å²) in [6.45, 7) is 2.13. The Kier molecular flexibility index (Phi) is 4.22. The van der Waals surface area contributed by atoms with Crippen LogP contribution < -0.4 is 9.39 Å². The Morgan fingerprint density at radius 1 is 1.57 bits per heavy atom. The second-order valence-electron chi connectivity index (χ2n) is 2.40. The molecule has 1 N–H and O–H groups in total. The van der Waals surface area contributed by atoms with Gasteiger partial charge >= 0.3 is 7.69 Å². The van der Waals surface area contributed by atoms with Crippen LogP contribution in [0, 0.1) is 5.82 Å². The quantitative estimate of drug-likeness (QED) is 0.839. The molecule has 0 radical (unpaired) electrons. The van der Waals surface area contributed by atoms with Crippen LogP contribution in [0.5, 0.6) is 11.5 Å². The van der Waals surface area contributed by atoms with Crippen molar-refractivity contribution in [2.24, 2.45) is 0 Å². The molecule has 0 fully saturated rings. The van der Waals surface area contributed by atoms with Gasteiger partial charge in [0.25, 0.3) is 0 Å². The van der Waals surface area contributed by atoms with E-state index in [0.29, 0.717) is 11.1 Å². The van der Waals surface area contributed by atoms with Crippen LogP contribution in [0.4, 0.5) is 4.39 Å². The maximum absolute atomic E-state index is 13.5. The molecule has 0 bridgehead atoms. The summed E-state index contributed by atoms with van der Waals surface area (Å²) in [7, 11) is -0.578. The standard InChI is InChI=1S/C8H9BBrFO3/c1-2-13-6-4-3-5(10)8(7(6)11)14-9-12/h3-4,9,12H,2H2,1H3. The second-order valence-corrected chi connectivity index (χ2v) is 3.25. The van der Waals surface area contributed by atoms with Gasteiger partial charge in [0.05, 0.1) is 11.1 Å². The number of hydrogen-bond acceptors (Lipinski definition) is 3. The molecule has 0 amide bonds. The van der Waals surface area contributed by atoms with Gasteiger partial charge in [0, 0.05) is 0 Å². The molecule has 0 aromatic heterocycles. The van der Waals surface area contributed by atoms with E-state index in [1.54, 1.807) is 13.0 Å². The first-order valence-electron chi connectivity index (χ1n) is 4.05. The molecule has 0 heterocycles. The summed E-state index contributed by atoms with van der Waals surface area (Å²) in [5.41, 5.74) is 0. The summed E-state index contributed by atoms with van der Waals surface area (Å²) >= 11 is 3.10. The first-order valence-corrected chi connectivity index (χ1v) is 4.84. The molecule has 0 atom stereocenters. The van der Waals surface area contributed by atoms with Crippen LogP contribution in [0.1, 0.15) is 6.92 Å². The second kappa shape index (κ2) is 5.21. The van der Waals surface area contributed by atoms with Crippen LogP contribution in [0.25, 0.3) is 0 Å². The van der Waals surface area contributed by atoms with Crippen molar-refractivity contribution in [2.45, 2.75) is 6.92 Å². The van der Waals surface area contributed by atoms with Crippen LogP contribution in [0.3, 0.4) is 0 Å². The Bertz CT molecular complexity index is 322. The largest absolute Gasteiger partial charge is 0.536 e. The van der Waals surface area contributed by atoms with E-state index < -0.39 is 13.5 Å². The molecule has 3 nitrogen and oxygen atoms in total. The van der Waals surface area contributed by atoms with Crippen LogP contribution in [0.15, 0.2) is 16.6 Å². The highest BCUT2D eigenvalue weighted by molar-refractivity contribution is 9.10. The summed E-state index contributed by atoms with van der Waals surface area (Å²) in [6.07, 6.45) is 0. The molecule has 14 heavy (non-hydrogen) atoms. The predicted octanol–water partition coefficient (Wildman–Crippen LogP) is 1.62. The van der Waals surface area contributed by atoms with Crippen molar-refractivity contribution in [1.29, 1.82) is 0 Å². The predicted molar refractivity (Wildman–Crippen MR) is 55.3 cm³/mol. The lowest BCUT2D eigenvalue weighted by Gasteiger charge is -2.10. The molecule has 0 aliphatic rings. The van der Waals surface area contributed by atoms with Crippen LogP contribution >= 0.6 is 15.9 Å². The molecule has 1 rings (SSSR count). The lowest BCUT2D eigenvalue weighted by Crippen LogP contribution is -2.04. The Morgan fingerprint density at radius 3 is 2.86 bits per heavy atom. The van der Waals surface area contributed by atoms with Crippen LogP contribution in [-0.2, 0) is 0 Å². The van der Waals surface area contributed by atoms with Gasteiger partial charge in [-0.3, -0.25) is 0 Å². The van der Waals surface area contributed by atoms with Crippen LogP contribution in [0.2, 0.25) is 0 Å². The Balaban J connectivity index is 3.05. The van der Waals surface area contributed by atoms with Crippen molar-refractivity contribution in [3.05, 3.63) is 22.4 Å². The van der Waals surface area contributed by atoms with Gasteiger partial charge in [-0.05, 0) is 35.0 Å². The third-order valence-corrected chi connectivity index (χ3v) is 2.15. The monoisotopic (exact) mass is 262 g/mol. The highest BCUT2D eigenvalue weighted by atomic mass is 79.9. The van der Waals surface area contributed by atoms with Gasteiger partial charge in [-0.25, -0.2) is 0 Å². The maximum atomic E-state index is 13.5. The van der Waals surface area contributed by atoms with Gasteiger partial charge in [0.1, 0.15) is 0 Å². The number of ether oxygens (including phenoxy) is 1. The zero-order valence-electron chi connectivity index (χ0n) is 7.59. The molecule has 1 aromatic rings. The highest BCUT2D eigenvalue weighted by Gasteiger charge is 2.13. The highest BCUT2D eigenvalue weighted by Crippen LogP contribution is 2.33. The lowest BCUT2D eigenvalue weighted by atomic mass is 10.3. The fourth-order valence-electron chi connectivity index (χ4n) is 0.978. The first-order chi connectivity index (χ1) is 6.70. The van der Waals surface area contributed by atoms with Gasteiger partial charge in [0.15, 0.2) is 11.5 Å². The number of rotatable bonds is 4. The molecular weight excluding hydrogens is 254 g/mol. The van der Waals surface area contributed by atoms with Crippen molar-refractivity contribution in [3.63, 3.8) is 0 Å². The van der Waals surface area contributed by atoms with Crippen molar-refractivity contribution >= 4 is 23.6 Å². The summed E-state index contributed by atoms with van der Waals surface area (Å²) in [5.74, 6) is -0.548. The average Bonchev–Trinajstić information content (AvgIpc) is 2.17. The topological polar surface area (TPSA) is 38.7 Å². The van der Waals surface area contributed by atoms with Crippen molar-refractivity contribution in [3.8, 4) is 11.5 Å². The molecular formula is C8H9BBrFO3. The van der Waals surface area contributed by atoms with Gasteiger partial charge in [-0.1, -0.05) is 0 Å². The van der Waals surface area contributed by atoms with E-state index in [4.69, 9.17) is 14.4 Å². The molecule has 0 saturated carbocycles. The Hall–Kier alpha value is -0.745.